The van der Waals surface area contributed by atoms with Crippen molar-refractivity contribution in [2.75, 3.05) is 30.4 Å². The molecule has 2 rings (SSSR count). The van der Waals surface area contributed by atoms with Crippen LogP contribution in [0.3, 0.4) is 0 Å². The summed E-state index contributed by atoms with van der Waals surface area (Å²) >= 11 is 3.76. The van der Waals surface area contributed by atoms with Crippen LogP contribution in [0.5, 0.6) is 0 Å². The van der Waals surface area contributed by atoms with Gasteiger partial charge in [-0.25, -0.2) is 4.39 Å². The quantitative estimate of drug-likeness (QED) is 0.832. The molecule has 1 amide bonds. The number of aliphatic hydroxyl groups excluding tert-OH is 1. The largest absolute Gasteiger partial charge is 0.384 e. The van der Waals surface area contributed by atoms with Crippen LogP contribution >= 0.6 is 23.5 Å². The van der Waals surface area contributed by atoms with Gasteiger partial charge < -0.3 is 10.4 Å². The average molecular weight is 325 g/mol. The lowest BCUT2D eigenvalue weighted by atomic mass is 10.1. The van der Waals surface area contributed by atoms with E-state index in [0.717, 1.165) is 17.3 Å². The highest BCUT2D eigenvalue weighted by Crippen LogP contribution is 2.23. The molecule has 0 aliphatic carbocycles. The summed E-state index contributed by atoms with van der Waals surface area (Å²) in [4.78, 5) is 12.2. The molecule has 6 heteroatoms. The zero-order chi connectivity index (χ0) is 15.1. The maximum atomic E-state index is 13.2. The number of thioether (sulfide) groups is 2. The maximum absolute atomic E-state index is 13.2. The first-order valence-corrected chi connectivity index (χ1v) is 8.78. The summed E-state index contributed by atoms with van der Waals surface area (Å²) in [5, 5.41) is 12.0. The zero-order valence-corrected chi connectivity index (χ0v) is 13.0. The molecule has 21 heavy (non-hydrogen) atoms. The summed E-state index contributed by atoms with van der Waals surface area (Å²) < 4.78 is 13.2. The Morgan fingerprint density at radius 1 is 1.48 bits per heavy atom. The van der Waals surface area contributed by atoms with Crippen molar-refractivity contribution in [1.29, 1.82) is 0 Å². The molecule has 1 heterocycles. The molecule has 1 aromatic rings. The molecule has 1 aliphatic rings. The van der Waals surface area contributed by atoms with Crippen molar-refractivity contribution in [2.24, 2.45) is 0 Å². The smallest absolute Gasteiger partial charge is 0.252 e. The van der Waals surface area contributed by atoms with E-state index in [4.69, 9.17) is 5.11 Å². The van der Waals surface area contributed by atoms with Crippen molar-refractivity contribution in [2.45, 2.75) is 5.25 Å². The number of hydrogen-bond donors (Lipinski definition) is 2. The third-order valence-electron chi connectivity index (χ3n) is 2.90. The number of aliphatic hydroxyl groups is 1. The van der Waals surface area contributed by atoms with E-state index in [1.807, 2.05) is 23.5 Å². The highest BCUT2D eigenvalue weighted by atomic mass is 32.2. The van der Waals surface area contributed by atoms with Crippen molar-refractivity contribution in [3.8, 4) is 11.8 Å². The maximum Gasteiger partial charge on any atom is 0.252 e. The van der Waals surface area contributed by atoms with Crippen LogP contribution in [0, 0.1) is 17.7 Å². The Balaban J connectivity index is 2.03. The van der Waals surface area contributed by atoms with E-state index in [1.54, 1.807) is 0 Å². The van der Waals surface area contributed by atoms with Gasteiger partial charge >= 0.3 is 0 Å². The van der Waals surface area contributed by atoms with Crippen LogP contribution in [0.15, 0.2) is 18.2 Å². The normalized spacial score (nSPS) is 17.7. The summed E-state index contributed by atoms with van der Waals surface area (Å²) in [6.07, 6.45) is 0. The molecule has 2 N–H and O–H groups in total. The van der Waals surface area contributed by atoms with E-state index in [0.29, 0.717) is 22.9 Å². The molecule has 0 saturated carbocycles. The molecule has 1 saturated heterocycles. The van der Waals surface area contributed by atoms with Gasteiger partial charge in [0, 0.05) is 34.6 Å². The minimum atomic E-state index is -0.451. The number of benzene rings is 1. The lowest BCUT2D eigenvalue weighted by molar-refractivity contribution is 0.0954. The second kappa shape index (κ2) is 8.32. The highest BCUT2D eigenvalue weighted by molar-refractivity contribution is 8.06. The van der Waals surface area contributed by atoms with Crippen LogP contribution in [0.4, 0.5) is 4.39 Å². The van der Waals surface area contributed by atoms with E-state index >= 15 is 0 Å². The first-order valence-electron chi connectivity index (χ1n) is 6.57. The molecule has 1 aliphatic heterocycles. The number of amides is 1. The molecule has 3 nitrogen and oxygen atoms in total. The molecule has 0 radical (unpaired) electrons. The Labute approximate surface area is 132 Å². The number of carbonyl (C=O) groups excluding carboxylic acids is 1. The van der Waals surface area contributed by atoms with E-state index in [1.165, 1.54) is 18.2 Å². The van der Waals surface area contributed by atoms with Gasteiger partial charge in [-0.05, 0) is 18.2 Å². The topological polar surface area (TPSA) is 49.3 Å². The van der Waals surface area contributed by atoms with Gasteiger partial charge in [-0.2, -0.15) is 23.5 Å². The van der Waals surface area contributed by atoms with Crippen LogP contribution in [0.25, 0.3) is 0 Å². The van der Waals surface area contributed by atoms with Crippen LogP contribution in [-0.2, 0) is 0 Å². The number of carbonyl (C=O) groups is 1. The Kier molecular flexibility index (Phi) is 6.43. The summed E-state index contributed by atoms with van der Waals surface area (Å²) in [5.74, 6) is 7.65. The molecule has 112 valence electrons. The Morgan fingerprint density at radius 3 is 3.05 bits per heavy atom. The van der Waals surface area contributed by atoms with Gasteiger partial charge in [-0.15, -0.1) is 0 Å². The molecule has 0 aromatic heterocycles. The number of hydrogen-bond acceptors (Lipinski definition) is 4. The SMILES string of the molecule is O=C(NCC1CSCCS1)c1ccc(F)cc1C#CCO. The third kappa shape index (κ3) is 4.95. The minimum absolute atomic E-state index is 0.256. The van der Waals surface area contributed by atoms with Crippen LogP contribution < -0.4 is 5.32 Å². The third-order valence-corrected chi connectivity index (χ3v) is 5.75. The predicted molar refractivity (Wildman–Crippen MR) is 86.3 cm³/mol. The molecule has 1 unspecified atom stereocenters. The Bertz CT molecular complexity index is 563. The number of nitrogens with one attached hydrogen (secondary N) is 1. The summed E-state index contributed by atoms with van der Waals surface area (Å²) in [6, 6.07) is 3.88. The van der Waals surface area contributed by atoms with Gasteiger partial charge in [0.1, 0.15) is 12.4 Å². The lowest BCUT2D eigenvalue weighted by Gasteiger charge is -2.21. The van der Waals surface area contributed by atoms with Crippen LogP contribution in [0.1, 0.15) is 15.9 Å². The van der Waals surface area contributed by atoms with E-state index in [-0.39, 0.29) is 12.5 Å². The van der Waals surface area contributed by atoms with E-state index < -0.39 is 5.82 Å². The van der Waals surface area contributed by atoms with Crippen molar-refractivity contribution >= 4 is 29.4 Å². The fourth-order valence-electron chi connectivity index (χ4n) is 1.91. The number of rotatable bonds is 3. The molecule has 1 aromatic carbocycles. The van der Waals surface area contributed by atoms with Crippen LogP contribution in [-0.4, -0.2) is 46.7 Å². The lowest BCUT2D eigenvalue weighted by Crippen LogP contribution is -2.33. The molecule has 0 spiro atoms. The molecule has 1 fully saturated rings. The van der Waals surface area contributed by atoms with Crippen molar-refractivity contribution < 1.29 is 14.3 Å². The summed E-state index contributed by atoms with van der Waals surface area (Å²) in [7, 11) is 0. The highest BCUT2D eigenvalue weighted by Gasteiger charge is 2.17. The van der Waals surface area contributed by atoms with Gasteiger partial charge in [0.2, 0.25) is 0 Å². The van der Waals surface area contributed by atoms with Crippen molar-refractivity contribution in [3.05, 3.63) is 35.1 Å². The molecule has 0 bridgehead atoms. The first-order chi connectivity index (χ1) is 10.2. The fraction of sp³-hybridized carbons (Fsp3) is 0.400. The average Bonchev–Trinajstić information content (AvgIpc) is 2.51. The fourth-order valence-corrected chi connectivity index (χ4v) is 4.52. The van der Waals surface area contributed by atoms with E-state index in [2.05, 4.69) is 17.2 Å². The van der Waals surface area contributed by atoms with E-state index in [9.17, 15) is 9.18 Å². The number of halogens is 1. The second-order valence-corrected chi connectivity index (χ2v) is 6.99. The Hall–Kier alpha value is -1.16. The van der Waals surface area contributed by atoms with Gasteiger partial charge in [-0.3, -0.25) is 4.79 Å². The molecular weight excluding hydrogens is 309 g/mol. The summed E-state index contributed by atoms with van der Waals surface area (Å²) in [6.45, 7) is 0.272. The molecule has 1 atom stereocenters. The zero-order valence-electron chi connectivity index (χ0n) is 11.4. The van der Waals surface area contributed by atoms with Crippen molar-refractivity contribution in [3.63, 3.8) is 0 Å². The summed E-state index contributed by atoms with van der Waals surface area (Å²) in [5.41, 5.74) is 0.637. The second-order valence-electron chi connectivity index (χ2n) is 4.43. The standard InChI is InChI=1S/C15H16FNO2S2/c16-12-3-4-14(11(8-12)2-1-5-18)15(19)17-9-13-10-20-6-7-21-13/h3-4,8,13,18H,5-7,9-10H2,(H,17,19). The predicted octanol–water partition coefficient (Wildman–Crippen LogP) is 1.75. The van der Waals surface area contributed by atoms with Gasteiger partial charge in [-0.1, -0.05) is 11.8 Å². The van der Waals surface area contributed by atoms with Gasteiger partial charge in [0.15, 0.2) is 0 Å². The van der Waals surface area contributed by atoms with Crippen LogP contribution in [0.2, 0.25) is 0 Å². The first kappa shape index (κ1) is 16.2. The minimum Gasteiger partial charge on any atom is -0.384 e. The van der Waals surface area contributed by atoms with Crippen molar-refractivity contribution in [1.82, 2.24) is 5.32 Å². The molecular formula is C15H16FNO2S2. The Morgan fingerprint density at radius 2 is 2.33 bits per heavy atom. The van der Waals surface area contributed by atoms with Gasteiger partial charge in [0.05, 0.1) is 5.56 Å². The monoisotopic (exact) mass is 325 g/mol. The van der Waals surface area contributed by atoms with Gasteiger partial charge in [0.25, 0.3) is 5.91 Å².